The summed E-state index contributed by atoms with van der Waals surface area (Å²) in [6, 6.07) is 4.79. The maximum atomic E-state index is 14.1. The molecule has 0 N–H and O–H groups in total. The highest BCUT2D eigenvalue weighted by Gasteiger charge is 2.17. The zero-order valence-electron chi connectivity index (χ0n) is 11.4. The van der Waals surface area contributed by atoms with Crippen LogP contribution in [0.3, 0.4) is 0 Å². The number of ether oxygens (including phenoxy) is 1. The van der Waals surface area contributed by atoms with Crippen LogP contribution in [0, 0.1) is 12.7 Å². The summed E-state index contributed by atoms with van der Waals surface area (Å²) in [7, 11) is 1.53. The molecule has 100 valence electrons. The molecule has 1 heterocycles. The van der Waals surface area contributed by atoms with Crippen LogP contribution in [0.15, 0.2) is 24.4 Å². The zero-order chi connectivity index (χ0) is 13.8. The summed E-state index contributed by atoms with van der Waals surface area (Å²) in [6.07, 6.45) is 3.54. The van der Waals surface area contributed by atoms with Crippen molar-refractivity contribution in [3.63, 3.8) is 0 Å². The molecule has 0 amide bonds. The van der Waals surface area contributed by atoms with Gasteiger partial charge in [0.05, 0.1) is 18.4 Å². The van der Waals surface area contributed by atoms with E-state index < -0.39 is 0 Å². The molecule has 3 nitrogen and oxygen atoms in total. The lowest BCUT2D eigenvalue weighted by atomic mass is 10.0. The third-order valence-corrected chi connectivity index (χ3v) is 2.94. The number of hydrogen-bond acceptors (Lipinski definition) is 3. The Labute approximate surface area is 112 Å². The first-order valence-electron chi connectivity index (χ1n) is 6.32. The minimum absolute atomic E-state index is 0.324. The Morgan fingerprint density at radius 1 is 1.32 bits per heavy atom. The van der Waals surface area contributed by atoms with E-state index in [1.165, 1.54) is 13.2 Å². The van der Waals surface area contributed by atoms with Crippen molar-refractivity contribution >= 4 is 0 Å². The number of nitrogens with zero attached hydrogens (tertiary/aromatic N) is 2. The summed E-state index contributed by atoms with van der Waals surface area (Å²) in [6.45, 7) is 3.87. The van der Waals surface area contributed by atoms with E-state index in [4.69, 9.17) is 4.74 Å². The van der Waals surface area contributed by atoms with E-state index in [-0.39, 0.29) is 5.82 Å². The first kappa shape index (κ1) is 13.5. The molecule has 2 rings (SSSR count). The van der Waals surface area contributed by atoms with Gasteiger partial charge in [-0.05, 0) is 31.0 Å². The molecule has 0 aliphatic carbocycles. The van der Waals surface area contributed by atoms with E-state index in [9.17, 15) is 4.39 Å². The van der Waals surface area contributed by atoms with Crippen molar-refractivity contribution in [3.8, 4) is 17.0 Å². The smallest absolute Gasteiger partial charge is 0.136 e. The van der Waals surface area contributed by atoms with Gasteiger partial charge >= 0.3 is 0 Å². The van der Waals surface area contributed by atoms with Crippen molar-refractivity contribution in [2.75, 3.05) is 7.11 Å². The van der Waals surface area contributed by atoms with Gasteiger partial charge in [-0.3, -0.25) is 0 Å². The average molecular weight is 260 g/mol. The largest absolute Gasteiger partial charge is 0.496 e. The molecule has 19 heavy (non-hydrogen) atoms. The first-order valence-corrected chi connectivity index (χ1v) is 6.32. The number of rotatable bonds is 4. The number of aryl methyl sites for hydroxylation is 2. The summed E-state index contributed by atoms with van der Waals surface area (Å²) < 4.78 is 19.4. The summed E-state index contributed by atoms with van der Waals surface area (Å²) in [4.78, 5) is 8.60. The summed E-state index contributed by atoms with van der Waals surface area (Å²) in [5.74, 6) is 0.797. The predicted octanol–water partition coefficient (Wildman–Crippen LogP) is 3.55. The van der Waals surface area contributed by atoms with E-state index in [0.29, 0.717) is 22.8 Å². The van der Waals surface area contributed by atoms with Crippen LogP contribution in [0.4, 0.5) is 4.39 Å². The Morgan fingerprint density at radius 3 is 2.79 bits per heavy atom. The van der Waals surface area contributed by atoms with Crippen LogP contribution in [0.1, 0.15) is 24.7 Å². The number of aromatic nitrogens is 2. The van der Waals surface area contributed by atoms with E-state index in [1.807, 2.05) is 0 Å². The molecular formula is C15H17FN2O. The molecule has 0 saturated heterocycles. The van der Waals surface area contributed by atoms with E-state index in [1.54, 1.807) is 25.3 Å². The number of benzene rings is 1. The molecule has 0 unspecified atom stereocenters. The highest BCUT2D eigenvalue weighted by molar-refractivity contribution is 5.70. The quantitative estimate of drug-likeness (QED) is 0.843. The summed E-state index contributed by atoms with van der Waals surface area (Å²) in [5.41, 5.74) is 1.99. The third-order valence-electron chi connectivity index (χ3n) is 2.94. The molecule has 0 saturated carbocycles. The topological polar surface area (TPSA) is 35.0 Å². The van der Waals surface area contributed by atoms with Crippen molar-refractivity contribution in [3.05, 3.63) is 41.6 Å². The van der Waals surface area contributed by atoms with Crippen LogP contribution >= 0.6 is 0 Å². The lowest BCUT2D eigenvalue weighted by Crippen LogP contribution is -2.01. The molecule has 1 aromatic heterocycles. The van der Waals surface area contributed by atoms with Gasteiger partial charge < -0.3 is 4.74 Å². The number of methoxy groups -OCH3 is 1. The van der Waals surface area contributed by atoms with E-state index >= 15 is 0 Å². The van der Waals surface area contributed by atoms with Gasteiger partial charge in [0.25, 0.3) is 0 Å². The lowest BCUT2D eigenvalue weighted by molar-refractivity contribution is 0.413. The molecule has 4 heteroatoms. The average Bonchev–Trinajstić information content (AvgIpc) is 2.41. The molecule has 0 aliphatic heterocycles. The molecule has 0 aliphatic rings. The maximum Gasteiger partial charge on any atom is 0.136 e. The van der Waals surface area contributed by atoms with Gasteiger partial charge in [-0.1, -0.05) is 19.4 Å². The molecule has 0 bridgehead atoms. The van der Waals surface area contributed by atoms with Gasteiger partial charge in [-0.15, -0.1) is 0 Å². The van der Waals surface area contributed by atoms with Crippen LogP contribution in [-0.4, -0.2) is 17.1 Å². The van der Waals surface area contributed by atoms with Crippen molar-refractivity contribution in [1.82, 2.24) is 9.97 Å². The predicted molar refractivity (Wildman–Crippen MR) is 72.7 cm³/mol. The van der Waals surface area contributed by atoms with Crippen molar-refractivity contribution in [1.29, 1.82) is 0 Å². The molecule has 2 aromatic rings. The first-order chi connectivity index (χ1) is 9.17. The van der Waals surface area contributed by atoms with Crippen molar-refractivity contribution < 1.29 is 9.13 Å². The van der Waals surface area contributed by atoms with Crippen molar-refractivity contribution in [2.45, 2.75) is 26.7 Å². The second kappa shape index (κ2) is 5.78. The lowest BCUT2D eigenvalue weighted by Gasteiger charge is -2.13. The van der Waals surface area contributed by atoms with Gasteiger partial charge in [0.15, 0.2) is 0 Å². The fourth-order valence-corrected chi connectivity index (χ4v) is 2.07. The minimum Gasteiger partial charge on any atom is -0.496 e. The SMILES string of the molecule is CCCc1cnc(C)nc1-c1c(F)cccc1OC. The van der Waals surface area contributed by atoms with E-state index in [0.717, 1.165) is 18.4 Å². The normalized spacial score (nSPS) is 10.5. The van der Waals surface area contributed by atoms with Crippen molar-refractivity contribution in [2.24, 2.45) is 0 Å². The monoisotopic (exact) mass is 260 g/mol. The third kappa shape index (κ3) is 2.72. The highest BCUT2D eigenvalue weighted by Crippen LogP contribution is 2.33. The molecule has 0 radical (unpaired) electrons. The molecular weight excluding hydrogens is 243 g/mol. The van der Waals surface area contributed by atoms with Crippen LogP contribution in [-0.2, 0) is 6.42 Å². The molecule has 0 fully saturated rings. The van der Waals surface area contributed by atoms with Gasteiger partial charge in [-0.2, -0.15) is 0 Å². The summed E-state index contributed by atoms with van der Waals surface area (Å²) >= 11 is 0. The van der Waals surface area contributed by atoms with Gasteiger partial charge in [-0.25, -0.2) is 14.4 Å². The number of hydrogen-bond donors (Lipinski definition) is 0. The van der Waals surface area contributed by atoms with Gasteiger partial charge in [0.2, 0.25) is 0 Å². The number of halogens is 1. The summed E-state index contributed by atoms with van der Waals surface area (Å²) in [5, 5.41) is 0. The zero-order valence-corrected chi connectivity index (χ0v) is 11.4. The minimum atomic E-state index is -0.324. The van der Waals surface area contributed by atoms with Crippen LogP contribution in [0.25, 0.3) is 11.3 Å². The molecule has 0 spiro atoms. The standard InChI is InChI=1S/C15H17FN2O/c1-4-6-11-9-17-10(2)18-15(11)14-12(16)7-5-8-13(14)19-3/h5,7-9H,4,6H2,1-3H3. The Bertz CT molecular complexity index is 584. The van der Waals surface area contributed by atoms with Crippen LogP contribution in [0.5, 0.6) is 5.75 Å². The van der Waals surface area contributed by atoms with Gasteiger partial charge in [0.1, 0.15) is 17.4 Å². The van der Waals surface area contributed by atoms with Gasteiger partial charge in [0, 0.05) is 6.20 Å². The molecule has 1 aromatic carbocycles. The van der Waals surface area contributed by atoms with E-state index in [2.05, 4.69) is 16.9 Å². The van der Waals surface area contributed by atoms with Crippen LogP contribution in [0.2, 0.25) is 0 Å². The maximum absolute atomic E-state index is 14.1. The Balaban J connectivity index is 2.66. The fraction of sp³-hybridized carbons (Fsp3) is 0.333. The second-order valence-corrected chi connectivity index (χ2v) is 4.36. The Kier molecular flexibility index (Phi) is 4.10. The van der Waals surface area contributed by atoms with Crippen LogP contribution < -0.4 is 4.74 Å². The second-order valence-electron chi connectivity index (χ2n) is 4.36. The molecule has 0 atom stereocenters. The highest BCUT2D eigenvalue weighted by atomic mass is 19.1. The fourth-order valence-electron chi connectivity index (χ4n) is 2.07. The Morgan fingerprint density at radius 2 is 2.11 bits per heavy atom. The Hall–Kier alpha value is -1.97.